The maximum atomic E-state index is 11.9. The number of hydrogen-bond donors (Lipinski definition) is 0. The Morgan fingerprint density at radius 1 is 1.05 bits per heavy atom. The van der Waals surface area contributed by atoms with Gasteiger partial charge < -0.3 is 4.74 Å². The van der Waals surface area contributed by atoms with E-state index >= 15 is 0 Å². The number of carbonyl (C=O) groups excluding carboxylic acids is 1. The summed E-state index contributed by atoms with van der Waals surface area (Å²) < 4.78 is 5.40. The molecule has 0 spiro atoms. The summed E-state index contributed by atoms with van der Waals surface area (Å²) in [6.07, 6.45) is -0.541. The first kappa shape index (κ1) is 12.1. The molecule has 0 bridgehead atoms. The SMILES string of the molecule is O=C1OC(c2ccccc2)CN1c1ccc(Cl)cc1. The lowest BCUT2D eigenvalue weighted by Gasteiger charge is -2.12. The maximum Gasteiger partial charge on any atom is 0.415 e. The summed E-state index contributed by atoms with van der Waals surface area (Å²) in [4.78, 5) is 13.5. The summed E-state index contributed by atoms with van der Waals surface area (Å²) in [7, 11) is 0. The average Bonchev–Trinajstić information content (AvgIpc) is 2.83. The van der Waals surface area contributed by atoms with Gasteiger partial charge in [0.25, 0.3) is 0 Å². The molecule has 1 fully saturated rings. The quantitative estimate of drug-likeness (QED) is 0.826. The van der Waals surface area contributed by atoms with Crippen LogP contribution >= 0.6 is 11.6 Å². The zero-order valence-corrected chi connectivity index (χ0v) is 10.9. The van der Waals surface area contributed by atoms with Gasteiger partial charge in [0.15, 0.2) is 0 Å². The number of rotatable bonds is 2. The first-order valence-corrected chi connectivity index (χ1v) is 6.40. The monoisotopic (exact) mass is 273 g/mol. The molecule has 1 heterocycles. The van der Waals surface area contributed by atoms with Crippen LogP contribution in [0.25, 0.3) is 0 Å². The Balaban J connectivity index is 1.82. The van der Waals surface area contributed by atoms with E-state index in [-0.39, 0.29) is 12.2 Å². The zero-order chi connectivity index (χ0) is 13.2. The second kappa shape index (κ2) is 4.94. The number of nitrogens with zero attached hydrogens (tertiary/aromatic N) is 1. The van der Waals surface area contributed by atoms with Gasteiger partial charge in [0, 0.05) is 10.7 Å². The number of benzene rings is 2. The Morgan fingerprint density at radius 3 is 2.42 bits per heavy atom. The minimum atomic E-state index is -0.323. The summed E-state index contributed by atoms with van der Waals surface area (Å²) in [6, 6.07) is 16.9. The van der Waals surface area contributed by atoms with Crippen molar-refractivity contribution in [1.29, 1.82) is 0 Å². The van der Waals surface area contributed by atoms with Gasteiger partial charge in [-0.2, -0.15) is 0 Å². The number of anilines is 1. The van der Waals surface area contributed by atoms with Crippen LogP contribution in [0, 0.1) is 0 Å². The van der Waals surface area contributed by atoms with Crippen LogP contribution in [0.3, 0.4) is 0 Å². The first-order valence-electron chi connectivity index (χ1n) is 6.03. The summed E-state index contributed by atoms with van der Waals surface area (Å²) in [5, 5.41) is 0.649. The Hall–Kier alpha value is -2.00. The average molecular weight is 274 g/mol. The number of carbonyl (C=O) groups is 1. The number of halogens is 1. The molecule has 19 heavy (non-hydrogen) atoms. The number of cyclic esters (lactones) is 1. The number of hydrogen-bond acceptors (Lipinski definition) is 2. The van der Waals surface area contributed by atoms with E-state index in [1.54, 1.807) is 17.0 Å². The summed E-state index contributed by atoms with van der Waals surface area (Å²) in [5.74, 6) is 0. The Labute approximate surface area is 116 Å². The van der Waals surface area contributed by atoms with Crippen LogP contribution in [0.1, 0.15) is 11.7 Å². The van der Waals surface area contributed by atoms with Crippen LogP contribution in [0.2, 0.25) is 5.02 Å². The molecular weight excluding hydrogens is 262 g/mol. The molecule has 1 unspecified atom stereocenters. The van der Waals surface area contributed by atoms with E-state index in [2.05, 4.69) is 0 Å². The molecule has 96 valence electrons. The van der Waals surface area contributed by atoms with Crippen molar-refractivity contribution in [2.24, 2.45) is 0 Å². The van der Waals surface area contributed by atoms with Gasteiger partial charge >= 0.3 is 6.09 Å². The van der Waals surface area contributed by atoms with E-state index in [0.717, 1.165) is 11.3 Å². The van der Waals surface area contributed by atoms with Crippen molar-refractivity contribution >= 4 is 23.4 Å². The van der Waals surface area contributed by atoms with Crippen molar-refractivity contribution in [3.8, 4) is 0 Å². The van der Waals surface area contributed by atoms with Crippen LogP contribution in [-0.2, 0) is 4.74 Å². The maximum absolute atomic E-state index is 11.9. The Morgan fingerprint density at radius 2 is 1.74 bits per heavy atom. The van der Waals surface area contributed by atoms with E-state index in [4.69, 9.17) is 16.3 Å². The van der Waals surface area contributed by atoms with Gasteiger partial charge in [-0.3, -0.25) is 4.90 Å². The molecule has 1 atom stereocenters. The third-order valence-electron chi connectivity index (χ3n) is 3.12. The highest BCUT2D eigenvalue weighted by Gasteiger charge is 2.33. The highest BCUT2D eigenvalue weighted by atomic mass is 35.5. The second-order valence-corrected chi connectivity index (χ2v) is 4.81. The highest BCUT2D eigenvalue weighted by Crippen LogP contribution is 2.30. The summed E-state index contributed by atoms with van der Waals surface area (Å²) in [6.45, 7) is 0.518. The highest BCUT2D eigenvalue weighted by molar-refractivity contribution is 6.30. The van der Waals surface area contributed by atoms with Gasteiger partial charge in [0.05, 0.1) is 6.54 Å². The molecule has 0 aromatic heterocycles. The fourth-order valence-corrected chi connectivity index (χ4v) is 2.26. The van der Waals surface area contributed by atoms with E-state index in [1.165, 1.54) is 0 Å². The fourth-order valence-electron chi connectivity index (χ4n) is 2.14. The molecule has 0 N–H and O–H groups in total. The van der Waals surface area contributed by atoms with Crippen molar-refractivity contribution in [1.82, 2.24) is 0 Å². The smallest absolute Gasteiger partial charge is 0.415 e. The summed E-state index contributed by atoms with van der Waals surface area (Å²) in [5.41, 5.74) is 1.81. The topological polar surface area (TPSA) is 29.5 Å². The normalized spacial score (nSPS) is 18.5. The lowest BCUT2D eigenvalue weighted by molar-refractivity contribution is 0.142. The van der Waals surface area contributed by atoms with Gasteiger partial charge in [0.2, 0.25) is 0 Å². The molecular formula is C15H12ClNO2. The minimum Gasteiger partial charge on any atom is -0.439 e. The number of amides is 1. The van der Waals surface area contributed by atoms with Gasteiger partial charge in [-0.15, -0.1) is 0 Å². The fraction of sp³-hybridized carbons (Fsp3) is 0.133. The predicted octanol–water partition coefficient (Wildman–Crippen LogP) is 4.04. The molecule has 1 aliphatic heterocycles. The second-order valence-electron chi connectivity index (χ2n) is 4.37. The van der Waals surface area contributed by atoms with E-state index < -0.39 is 0 Å². The molecule has 4 heteroatoms. The van der Waals surface area contributed by atoms with Crippen LogP contribution in [0.15, 0.2) is 54.6 Å². The predicted molar refractivity (Wildman–Crippen MR) is 74.5 cm³/mol. The molecule has 2 aromatic rings. The van der Waals surface area contributed by atoms with Gasteiger partial charge in [-0.25, -0.2) is 4.79 Å². The van der Waals surface area contributed by atoms with E-state index in [1.807, 2.05) is 42.5 Å². The third-order valence-corrected chi connectivity index (χ3v) is 3.37. The van der Waals surface area contributed by atoms with Crippen molar-refractivity contribution in [2.75, 3.05) is 11.4 Å². The van der Waals surface area contributed by atoms with Crippen molar-refractivity contribution < 1.29 is 9.53 Å². The standard InChI is InChI=1S/C15H12ClNO2/c16-12-6-8-13(9-7-12)17-10-14(19-15(17)18)11-4-2-1-3-5-11/h1-9,14H,10H2. The van der Waals surface area contributed by atoms with Crippen LogP contribution < -0.4 is 4.90 Å². The molecule has 3 nitrogen and oxygen atoms in total. The molecule has 1 amide bonds. The molecule has 2 aromatic carbocycles. The third kappa shape index (κ3) is 2.42. The van der Waals surface area contributed by atoms with Gasteiger partial charge in [-0.05, 0) is 29.8 Å². The first-order chi connectivity index (χ1) is 9.24. The van der Waals surface area contributed by atoms with Gasteiger partial charge in [-0.1, -0.05) is 41.9 Å². The van der Waals surface area contributed by atoms with Crippen LogP contribution in [-0.4, -0.2) is 12.6 Å². The molecule has 0 radical (unpaired) electrons. The molecule has 3 rings (SSSR count). The minimum absolute atomic E-state index is 0.218. The largest absolute Gasteiger partial charge is 0.439 e. The lowest BCUT2D eigenvalue weighted by atomic mass is 10.1. The lowest BCUT2D eigenvalue weighted by Crippen LogP contribution is -2.23. The van der Waals surface area contributed by atoms with Crippen molar-refractivity contribution in [2.45, 2.75) is 6.10 Å². The number of ether oxygens (including phenoxy) is 1. The van der Waals surface area contributed by atoms with E-state index in [0.29, 0.717) is 11.6 Å². The van der Waals surface area contributed by atoms with Crippen molar-refractivity contribution in [3.63, 3.8) is 0 Å². The molecule has 0 aliphatic carbocycles. The van der Waals surface area contributed by atoms with E-state index in [9.17, 15) is 4.79 Å². The van der Waals surface area contributed by atoms with Gasteiger partial charge in [0.1, 0.15) is 6.10 Å². The van der Waals surface area contributed by atoms with Crippen molar-refractivity contribution in [3.05, 3.63) is 65.2 Å². The van der Waals surface area contributed by atoms with Crippen LogP contribution in [0.4, 0.5) is 10.5 Å². The van der Waals surface area contributed by atoms with Crippen LogP contribution in [0.5, 0.6) is 0 Å². The summed E-state index contributed by atoms with van der Waals surface area (Å²) >= 11 is 5.84. The Kier molecular flexibility index (Phi) is 3.13. The Bertz CT molecular complexity index is 583. The molecule has 0 saturated carbocycles. The zero-order valence-electron chi connectivity index (χ0n) is 10.1. The molecule has 1 saturated heterocycles. The molecule has 1 aliphatic rings.